The highest BCUT2D eigenvalue weighted by Crippen LogP contribution is 2.41. The SMILES string of the molecule is CC[C@@H](C)CCCOC(=O)c1c(Cl)c(Cl)c(Cl)c(Cl)c1C(=O)O. The van der Waals surface area contributed by atoms with Crippen LogP contribution in [0.3, 0.4) is 0 Å². The van der Waals surface area contributed by atoms with E-state index in [9.17, 15) is 14.7 Å². The molecular weight excluding hydrogens is 386 g/mol. The number of carboxylic acid groups (broad SMARTS) is 1. The number of carboxylic acids is 1. The van der Waals surface area contributed by atoms with Gasteiger partial charge in [-0.05, 0) is 18.8 Å². The molecule has 4 nitrogen and oxygen atoms in total. The Morgan fingerprint density at radius 3 is 2.04 bits per heavy atom. The van der Waals surface area contributed by atoms with Gasteiger partial charge in [0.05, 0.1) is 37.8 Å². The number of aromatic carboxylic acids is 1. The van der Waals surface area contributed by atoms with Gasteiger partial charge in [0, 0.05) is 0 Å². The van der Waals surface area contributed by atoms with Gasteiger partial charge < -0.3 is 9.84 Å². The average Bonchev–Trinajstić information content (AvgIpc) is 2.51. The molecule has 0 aromatic heterocycles. The summed E-state index contributed by atoms with van der Waals surface area (Å²) in [7, 11) is 0. The van der Waals surface area contributed by atoms with Crippen molar-refractivity contribution in [2.24, 2.45) is 5.92 Å². The molecule has 128 valence electrons. The first-order chi connectivity index (χ1) is 10.7. The molecule has 23 heavy (non-hydrogen) atoms. The first kappa shape index (κ1) is 20.4. The molecule has 0 radical (unpaired) electrons. The lowest BCUT2D eigenvalue weighted by molar-refractivity contribution is 0.0484. The van der Waals surface area contributed by atoms with Crippen LogP contribution in [0.1, 0.15) is 53.8 Å². The molecule has 0 saturated heterocycles. The molecule has 0 aliphatic rings. The van der Waals surface area contributed by atoms with Crippen molar-refractivity contribution in [2.45, 2.75) is 33.1 Å². The second-order valence-electron chi connectivity index (χ2n) is 5.10. The Morgan fingerprint density at radius 2 is 1.57 bits per heavy atom. The number of hydrogen-bond acceptors (Lipinski definition) is 3. The molecular formula is C15H16Cl4O4. The highest BCUT2D eigenvalue weighted by Gasteiger charge is 2.29. The fourth-order valence-corrected chi connectivity index (χ4v) is 2.91. The van der Waals surface area contributed by atoms with Crippen LogP contribution in [0.4, 0.5) is 0 Å². The second kappa shape index (κ2) is 8.97. The van der Waals surface area contributed by atoms with E-state index in [-0.39, 0.29) is 32.3 Å². The van der Waals surface area contributed by atoms with Crippen LogP contribution >= 0.6 is 46.4 Å². The number of halogens is 4. The molecule has 1 atom stereocenters. The molecule has 1 aromatic rings. The minimum atomic E-state index is -1.44. The van der Waals surface area contributed by atoms with Crippen LogP contribution in [0.5, 0.6) is 0 Å². The summed E-state index contributed by atoms with van der Waals surface area (Å²) in [4.78, 5) is 23.6. The van der Waals surface area contributed by atoms with Gasteiger partial charge in [-0.1, -0.05) is 66.7 Å². The molecule has 0 saturated carbocycles. The molecule has 0 amide bonds. The van der Waals surface area contributed by atoms with Crippen LogP contribution in [0, 0.1) is 5.92 Å². The van der Waals surface area contributed by atoms with Crippen LogP contribution in [0.25, 0.3) is 0 Å². The van der Waals surface area contributed by atoms with Crippen LogP contribution in [-0.4, -0.2) is 23.7 Å². The first-order valence-electron chi connectivity index (χ1n) is 6.98. The van der Waals surface area contributed by atoms with Crippen molar-refractivity contribution in [3.63, 3.8) is 0 Å². The average molecular weight is 402 g/mol. The smallest absolute Gasteiger partial charge is 0.340 e. The summed E-state index contributed by atoms with van der Waals surface area (Å²) in [6, 6.07) is 0. The summed E-state index contributed by atoms with van der Waals surface area (Å²) in [6.45, 7) is 4.32. The Hall–Kier alpha value is -0.680. The third-order valence-electron chi connectivity index (χ3n) is 3.46. The normalized spacial score (nSPS) is 12.1. The zero-order valence-electron chi connectivity index (χ0n) is 12.6. The number of carbonyl (C=O) groups is 2. The van der Waals surface area contributed by atoms with E-state index in [4.69, 9.17) is 51.1 Å². The highest BCUT2D eigenvalue weighted by molar-refractivity contribution is 6.54. The summed E-state index contributed by atoms with van der Waals surface area (Å²) in [5, 5.41) is 8.22. The standard InChI is InChI=1S/C15H16Cl4O4/c1-3-7(2)5-4-6-23-15(22)9-8(14(20)21)10(16)12(18)13(19)11(9)17/h7H,3-6H2,1-2H3,(H,20,21)/t7-/m1/s1. The zero-order chi connectivity index (χ0) is 17.7. The van der Waals surface area contributed by atoms with E-state index in [0.29, 0.717) is 12.3 Å². The summed E-state index contributed by atoms with van der Waals surface area (Å²) in [5.74, 6) is -1.81. The van der Waals surface area contributed by atoms with Crippen molar-refractivity contribution >= 4 is 58.3 Å². The fourth-order valence-electron chi connectivity index (χ4n) is 1.90. The van der Waals surface area contributed by atoms with Crippen LogP contribution in [0.15, 0.2) is 0 Å². The molecule has 1 N–H and O–H groups in total. The van der Waals surface area contributed by atoms with Crippen molar-refractivity contribution in [1.82, 2.24) is 0 Å². The van der Waals surface area contributed by atoms with Crippen molar-refractivity contribution in [3.05, 3.63) is 31.2 Å². The molecule has 1 rings (SSSR count). The van der Waals surface area contributed by atoms with E-state index in [0.717, 1.165) is 12.8 Å². The second-order valence-corrected chi connectivity index (χ2v) is 6.61. The highest BCUT2D eigenvalue weighted by atomic mass is 35.5. The Morgan fingerprint density at radius 1 is 1.04 bits per heavy atom. The molecule has 0 aliphatic heterocycles. The number of rotatable bonds is 7. The zero-order valence-corrected chi connectivity index (χ0v) is 15.6. The summed E-state index contributed by atoms with van der Waals surface area (Å²) in [6.07, 6.45) is 2.59. The third-order valence-corrected chi connectivity index (χ3v) is 5.26. The van der Waals surface area contributed by atoms with Gasteiger partial charge in [0.2, 0.25) is 0 Å². The topological polar surface area (TPSA) is 63.6 Å². The largest absolute Gasteiger partial charge is 0.478 e. The molecule has 0 fully saturated rings. The molecule has 1 aromatic carbocycles. The van der Waals surface area contributed by atoms with Gasteiger partial charge in [0.25, 0.3) is 0 Å². The molecule has 8 heteroatoms. The van der Waals surface area contributed by atoms with Gasteiger partial charge in [-0.25, -0.2) is 9.59 Å². The Kier molecular flexibility index (Phi) is 7.95. The Labute approximate surface area is 154 Å². The van der Waals surface area contributed by atoms with Crippen molar-refractivity contribution in [1.29, 1.82) is 0 Å². The van der Waals surface area contributed by atoms with Gasteiger partial charge in [-0.15, -0.1) is 0 Å². The Balaban J connectivity index is 3.02. The molecule has 0 unspecified atom stereocenters. The molecule has 0 bridgehead atoms. The minimum Gasteiger partial charge on any atom is -0.478 e. The Bertz CT molecular complexity index is 616. The number of esters is 1. The van der Waals surface area contributed by atoms with E-state index in [1.54, 1.807) is 0 Å². The number of carbonyl (C=O) groups excluding carboxylic acids is 1. The predicted octanol–water partition coefficient (Wildman–Crippen LogP) is 5.98. The maximum atomic E-state index is 12.2. The summed E-state index contributed by atoms with van der Waals surface area (Å²) >= 11 is 23.5. The van der Waals surface area contributed by atoms with E-state index < -0.39 is 17.5 Å². The van der Waals surface area contributed by atoms with Gasteiger partial charge in [0.15, 0.2) is 0 Å². The first-order valence-corrected chi connectivity index (χ1v) is 8.49. The van der Waals surface area contributed by atoms with Gasteiger partial charge in [0.1, 0.15) is 0 Å². The van der Waals surface area contributed by atoms with Crippen molar-refractivity contribution < 1.29 is 19.4 Å². The van der Waals surface area contributed by atoms with Crippen LogP contribution < -0.4 is 0 Å². The van der Waals surface area contributed by atoms with Crippen molar-refractivity contribution in [3.8, 4) is 0 Å². The summed E-state index contributed by atoms with van der Waals surface area (Å²) in [5.41, 5.74) is -0.903. The monoisotopic (exact) mass is 400 g/mol. The van der Waals surface area contributed by atoms with E-state index >= 15 is 0 Å². The van der Waals surface area contributed by atoms with E-state index in [1.165, 1.54) is 0 Å². The number of benzene rings is 1. The quantitative estimate of drug-likeness (QED) is 0.264. The maximum absolute atomic E-state index is 12.2. The van der Waals surface area contributed by atoms with E-state index in [1.807, 2.05) is 0 Å². The minimum absolute atomic E-state index is 0.149. The predicted molar refractivity (Wildman–Crippen MR) is 92.4 cm³/mol. The number of hydrogen-bond donors (Lipinski definition) is 1. The molecule has 0 aliphatic carbocycles. The van der Waals surface area contributed by atoms with Gasteiger partial charge >= 0.3 is 11.9 Å². The van der Waals surface area contributed by atoms with Crippen molar-refractivity contribution in [2.75, 3.05) is 6.61 Å². The van der Waals surface area contributed by atoms with Crippen LogP contribution in [-0.2, 0) is 4.74 Å². The van der Waals surface area contributed by atoms with E-state index in [2.05, 4.69) is 13.8 Å². The van der Waals surface area contributed by atoms with Gasteiger partial charge in [-0.2, -0.15) is 0 Å². The number of ether oxygens (including phenoxy) is 1. The lowest BCUT2D eigenvalue weighted by Crippen LogP contribution is -2.15. The molecule has 0 spiro atoms. The third kappa shape index (κ3) is 4.90. The summed E-state index contributed by atoms with van der Waals surface area (Å²) < 4.78 is 5.10. The maximum Gasteiger partial charge on any atom is 0.340 e. The van der Waals surface area contributed by atoms with Crippen LogP contribution in [0.2, 0.25) is 20.1 Å². The lowest BCUT2D eigenvalue weighted by atomic mass is 10.0. The van der Waals surface area contributed by atoms with Gasteiger partial charge in [-0.3, -0.25) is 0 Å². The lowest BCUT2D eigenvalue weighted by Gasteiger charge is -2.14. The molecule has 0 heterocycles. The fraction of sp³-hybridized carbons (Fsp3) is 0.467.